The van der Waals surface area contributed by atoms with Crippen LogP contribution in [0, 0.1) is 0 Å². The Morgan fingerprint density at radius 1 is 1.37 bits per heavy atom. The minimum atomic E-state index is -3.31. The van der Waals surface area contributed by atoms with E-state index in [1.165, 1.54) is 0 Å². The SMILES string of the molecule is CS(=O)(=O)Nc1cccc(NC(=O)C2CCCN2)c1. The summed E-state index contributed by atoms with van der Waals surface area (Å²) in [5, 5.41) is 5.88. The molecular weight excluding hydrogens is 266 g/mol. The van der Waals surface area contributed by atoms with Crippen molar-refractivity contribution in [3.05, 3.63) is 24.3 Å². The fourth-order valence-electron chi connectivity index (χ4n) is 2.01. The molecule has 0 spiro atoms. The number of rotatable bonds is 4. The number of carbonyl (C=O) groups is 1. The van der Waals surface area contributed by atoms with Gasteiger partial charge in [-0.3, -0.25) is 9.52 Å². The molecule has 1 saturated heterocycles. The van der Waals surface area contributed by atoms with Crippen LogP contribution in [-0.2, 0) is 14.8 Å². The zero-order valence-electron chi connectivity index (χ0n) is 10.6. The van der Waals surface area contributed by atoms with Crippen LogP contribution in [-0.4, -0.2) is 33.2 Å². The number of nitrogens with one attached hydrogen (secondary N) is 3. The fraction of sp³-hybridized carbons (Fsp3) is 0.417. The summed E-state index contributed by atoms with van der Waals surface area (Å²) in [6.07, 6.45) is 2.90. The van der Waals surface area contributed by atoms with Crippen molar-refractivity contribution in [3.8, 4) is 0 Å². The maximum absolute atomic E-state index is 11.9. The summed E-state index contributed by atoms with van der Waals surface area (Å²) in [5.74, 6) is -0.0889. The molecule has 0 saturated carbocycles. The number of sulfonamides is 1. The van der Waals surface area contributed by atoms with E-state index in [0.717, 1.165) is 25.6 Å². The molecule has 1 heterocycles. The van der Waals surface area contributed by atoms with Gasteiger partial charge in [-0.1, -0.05) is 6.07 Å². The van der Waals surface area contributed by atoms with E-state index in [4.69, 9.17) is 0 Å². The maximum atomic E-state index is 11.9. The van der Waals surface area contributed by atoms with Gasteiger partial charge in [0.15, 0.2) is 0 Å². The first-order valence-electron chi connectivity index (χ1n) is 6.06. The van der Waals surface area contributed by atoms with E-state index >= 15 is 0 Å². The Kier molecular flexibility index (Phi) is 4.06. The van der Waals surface area contributed by atoms with Crippen molar-refractivity contribution in [2.24, 2.45) is 0 Å². The van der Waals surface area contributed by atoms with Gasteiger partial charge in [0.05, 0.1) is 18.0 Å². The lowest BCUT2D eigenvalue weighted by Gasteiger charge is -2.12. The van der Waals surface area contributed by atoms with Gasteiger partial charge in [-0.25, -0.2) is 8.42 Å². The topological polar surface area (TPSA) is 87.3 Å². The Labute approximate surface area is 112 Å². The normalized spacial score (nSPS) is 19.1. The lowest BCUT2D eigenvalue weighted by molar-refractivity contribution is -0.117. The molecule has 104 valence electrons. The monoisotopic (exact) mass is 283 g/mol. The average Bonchev–Trinajstić information content (AvgIpc) is 2.80. The standard InChI is InChI=1S/C12H17N3O3S/c1-19(17,18)15-10-5-2-4-9(8-10)14-12(16)11-6-3-7-13-11/h2,4-5,8,11,13,15H,3,6-7H2,1H3,(H,14,16). The van der Waals surface area contributed by atoms with Crippen LogP contribution in [0.2, 0.25) is 0 Å². The predicted octanol–water partition coefficient (Wildman–Crippen LogP) is 0.749. The molecule has 1 unspecified atom stereocenters. The molecule has 6 nitrogen and oxygen atoms in total. The smallest absolute Gasteiger partial charge is 0.241 e. The first kappa shape index (κ1) is 13.8. The summed E-state index contributed by atoms with van der Waals surface area (Å²) in [5.41, 5.74) is 1.01. The van der Waals surface area contributed by atoms with E-state index in [1.54, 1.807) is 24.3 Å². The average molecular weight is 283 g/mol. The van der Waals surface area contributed by atoms with Crippen molar-refractivity contribution < 1.29 is 13.2 Å². The molecule has 3 N–H and O–H groups in total. The van der Waals surface area contributed by atoms with Crippen LogP contribution >= 0.6 is 0 Å². The van der Waals surface area contributed by atoms with Crippen molar-refractivity contribution in [1.82, 2.24) is 5.32 Å². The third kappa shape index (κ3) is 4.22. The second-order valence-electron chi connectivity index (χ2n) is 4.59. The third-order valence-electron chi connectivity index (χ3n) is 2.81. The highest BCUT2D eigenvalue weighted by Crippen LogP contribution is 2.17. The van der Waals surface area contributed by atoms with E-state index < -0.39 is 10.0 Å². The van der Waals surface area contributed by atoms with E-state index in [1.807, 2.05) is 0 Å². The van der Waals surface area contributed by atoms with E-state index in [9.17, 15) is 13.2 Å². The Morgan fingerprint density at radius 3 is 2.74 bits per heavy atom. The van der Waals surface area contributed by atoms with Gasteiger partial charge >= 0.3 is 0 Å². The molecule has 1 aromatic carbocycles. The van der Waals surface area contributed by atoms with Crippen molar-refractivity contribution in [2.75, 3.05) is 22.8 Å². The Bertz CT molecular complexity index is 565. The second-order valence-corrected chi connectivity index (χ2v) is 6.34. The van der Waals surface area contributed by atoms with Gasteiger partial charge in [-0.2, -0.15) is 0 Å². The molecule has 1 aromatic rings. The number of hydrogen-bond donors (Lipinski definition) is 3. The number of hydrogen-bond acceptors (Lipinski definition) is 4. The highest BCUT2D eigenvalue weighted by Gasteiger charge is 2.21. The van der Waals surface area contributed by atoms with Crippen molar-refractivity contribution >= 4 is 27.3 Å². The maximum Gasteiger partial charge on any atom is 0.241 e. The first-order valence-corrected chi connectivity index (χ1v) is 7.95. The van der Waals surface area contributed by atoms with E-state index in [-0.39, 0.29) is 11.9 Å². The second kappa shape index (κ2) is 5.58. The molecular formula is C12H17N3O3S. The third-order valence-corrected chi connectivity index (χ3v) is 3.42. The quantitative estimate of drug-likeness (QED) is 0.761. The van der Waals surface area contributed by atoms with Gasteiger partial charge in [0.25, 0.3) is 0 Å². The highest BCUT2D eigenvalue weighted by molar-refractivity contribution is 7.92. The van der Waals surface area contributed by atoms with Crippen LogP contribution in [0.25, 0.3) is 0 Å². The molecule has 1 atom stereocenters. The van der Waals surface area contributed by atoms with Crippen molar-refractivity contribution in [2.45, 2.75) is 18.9 Å². The molecule has 0 bridgehead atoms. The van der Waals surface area contributed by atoms with E-state index in [0.29, 0.717) is 11.4 Å². The van der Waals surface area contributed by atoms with Crippen molar-refractivity contribution in [3.63, 3.8) is 0 Å². The Balaban J connectivity index is 2.04. The van der Waals surface area contributed by atoms with Gasteiger partial charge in [0, 0.05) is 5.69 Å². The summed E-state index contributed by atoms with van der Waals surface area (Å²) < 4.78 is 24.6. The lowest BCUT2D eigenvalue weighted by Crippen LogP contribution is -2.35. The van der Waals surface area contributed by atoms with Gasteiger partial charge < -0.3 is 10.6 Å². The molecule has 0 aromatic heterocycles. The Hall–Kier alpha value is -1.60. The summed E-state index contributed by atoms with van der Waals surface area (Å²) in [7, 11) is -3.31. The molecule has 1 aliphatic rings. The van der Waals surface area contributed by atoms with Crippen LogP contribution in [0.3, 0.4) is 0 Å². The highest BCUT2D eigenvalue weighted by atomic mass is 32.2. The van der Waals surface area contributed by atoms with Crippen LogP contribution in [0.15, 0.2) is 24.3 Å². The zero-order chi connectivity index (χ0) is 13.9. The van der Waals surface area contributed by atoms with Crippen LogP contribution < -0.4 is 15.4 Å². The number of anilines is 2. The molecule has 7 heteroatoms. The van der Waals surface area contributed by atoms with Crippen molar-refractivity contribution in [1.29, 1.82) is 0 Å². The van der Waals surface area contributed by atoms with Gasteiger partial charge in [-0.15, -0.1) is 0 Å². The molecule has 1 amide bonds. The number of benzene rings is 1. The predicted molar refractivity (Wildman–Crippen MR) is 74.6 cm³/mol. The molecule has 0 aliphatic carbocycles. The van der Waals surface area contributed by atoms with Crippen LogP contribution in [0.1, 0.15) is 12.8 Å². The first-order chi connectivity index (χ1) is 8.94. The van der Waals surface area contributed by atoms with Crippen LogP contribution in [0.4, 0.5) is 11.4 Å². The largest absolute Gasteiger partial charge is 0.325 e. The minimum absolute atomic E-state index is 0.0889. The summed E-state index contributed by atoms with van der Waals surface area (Å²) in [6.45, 7) is 0.855. The van der Waals surface area contributed by atoms with Crippen LogP contribution in [0.5, 0.6) is 0 Å². The zero-order valence-corrected chi connectivity index (χ0v) is 11.5. The summed E-state index contributed by atoms with van der Waals surface area (Å²) in [6, 6.07) is 6.47. The summed E-state index contributed by atoms with van der Waals surface area (Å²) >= 11 is 0. The van der Waals surface area contributed by atoms with Gasteiger partial charge in [0.2, 0.25) is 15.9 Å². The molecule has 0 radical (unpaired) electrons. The fourth-order valence-corrected chi connectivity index (χ4v) is 2.57. The number of carbonyl (C=O) groups excluding carboxylic acids is 1. The molecule has 1 aliphatic heterocycles. The van der Waals surface area contributed by atoms with Gasteiger partial charge in [-0.05, 0) is 37.6 Å². The summed E-state index contributed by atoms with van der Waals surface area (Å²) in [4.78, 5) is 11.9. The van der Waals surface area contributed by atoms with Gasteiger partial charge in [0.1, 0.15) is 0 Å². The minimum Gasteiger partial charge on any atom is -0.325 e. The molecule has 1 fully saturated rings. The van der Waals surface area contributed by atoms with E-state index in [2.05, 4.69) is 15.4 Å². The molecule has 19 heavy (non-hydrogen) atoms. The Morgan fingerprint density at radius 2 is 2.11 bits per heavy atom. The number of amides is 1. The molecule has 2 rings (SSSR count). The lowest BCUT2D eigenvalue weighted by atomic mass is 10.2.